The van der Waals surface area contributed by atoms with E-state index in [1.165, 1.54) is 0 Å². The number of hydrogen-bond acceptors (Lipinski definition) is 2. The number of halogens is 2. The van der Waals surface area contributed by atoms with Gasteiger partial charge in [0.1, 0.15) is 0 Å². The molecule has 0 bridgehead atoms. The molecule has 0 saturated heterocycles. The molecular weight excluding hydrogens is 233 g/mol. The van der Waals surface area contributed by atoms with E-state index in [1.807, 2.05) is 26.0 Å². The van der Waals surface area contributed by atoms with Crippen LogP contribution in [0.4, 0.5) is 0 Å². The maximum absolute atomic E-state index is 6.08. The first-order chi connectivity index (χ1) is 6.90. The highest BCUT2D eigenvalue weighted by Crippen LogP contribution is 2.34. The zero-order valence-corrected chi connectivity index (χ0v) is 10.6. The molecule has 0 aromatic heterocycles. The number of rotatable bonds is 3. The quantitative estimate of drug-likeness (QED) is 0.889. The van der Waals surface area contributed by atoms with E-state index in [9.17, 15) is 0 Å². The first kappa shape index (κ1) is 12.8. The second kappa shape index (κ2) is 4.71. The van der Waals surface area contributed by atoms with Crippen LogP contribution in [0.2, 0.25) is 10.0 Å². The van der Waals surface area contributed by atoms with Crippen molar-refractivity contribution in [3.63, 3.8) is 0 Å². The fourth-order valence-corrected chi connectivity index (χ4v) is 1.69. The Labute approximate surface area is 100 Å². The maximum Gasteiger partial charge on any atom is 0.0815 e. The van der Waals surface area contributed by atoms with E-state index in [0.717, 1.165) is 5.56 Å². The fraction of sp³-hybridized carbons (Fsp3) is 0.455. The number of benzene rings is 1. The van der Waals surface area contributed by atoms with Gasteiger partial charge in [-0.2, -0.15) is 0 Å². The summed E-state index contributed by atoms with van der Waals surface area (Å²) in [6.07, 6.45) is 0. The number of methoxy groups -OCH3 is 1. The minimum atomic E-state index is -0.478. The predicted octanol–water partition coefficient (Wildman–Crippen LogP) is 3.42. The summed E-state index contributed by atoms with van der Waals surface area (Å²) in [5.74, 6) is 0. The summed E-state index contributed by atoms with van der Waals surface area (Å²) >= 11 is 12.0. The topological polar surface area (TPSA) is 35.2 Å². The molecule has 0 aliphatic rings. The number of ether oxygens (including phenoxy) is 1. The normalized spacial score (nSPS) is 14.0. The second-order valence-corrected chi connectivity index (χ2v) is 4.71. The van der Waals surface area contributed by atoms with Crippen molar-refractivity contribution in [2.24, 2.45) is 5.73 Å². The molecular formula is C11H15Cl2NO. The summed E-state index contributed by atoms with van der Waals surface area (Å²) in [6.45, 7) is 3.82. The third-order valence-electron chi connectivity index (χ3n) is 2.59. The lowest BCUT2D eigenvalue weighted by atomic mass is 9.92. The van der Waals surface area contributed by atoms with Crippen LogP contribution < -0.4 is 5.73 Å². The molecule has 2 N–H and O–H groups in total. The Bertz CT molecular complexity index is 352. The van der Waals surface area contributed by atoms with Crippen LogP contribution in [0.25, 0.3) is 0 Å². The Balaban J connectivity index is 3.12. The van der Waals surface area contributed by atoms with E-state index in [1.54, 1.807) is 13.2 Å². The lowest BCUT2D eigenvalue weighted by Crippen LogP contribution is -2.37. The van der Waals surface area contributed by atoms with Crippen LogP contribution in [0.1, 0.15) is 25.5 Å². The van der Waals surface area contributed by atoms with Gasteiger partial charge in [-0.05, 0) is 25.5 Å². The minimum Gasteiger partial charge on any atom is -0.377 e. The second-order valence-electron chi connectivity index (χ2n) is 3.93. The average molecular weight is 248 g/mol. The Hall–Kier alpha value is -0.280. The van der Waals surface area contributed by atoms with Crippen LogP contribution in [0, 0.1) is 0 Å². The standard InChI is InChI=1S/C11H15Cl2NO/c1-11(2,15-3)10(14)7-5-4-6-8(12)9(7)13/h4-6,10H,14H2,1-3H3. The molecule has 2 nitrogen and oxygen atoms in total. The highest BCUT2D eigenvalue weighted by molar-refractivity contribution is 6.42. The first-order valence-electron chi connectivity index (χ1n) is 4.65. The van der Waals surface area contributed by atoms with Gasteiger partial charge in [0.15, 0.2) is 0 Å². The van der Waals surface area contributed by atoms with Gasteiger partial charge in [0.2, 0.25) is 0 Å². The van der Waals surface area contributed by atoms with Gasteiger partial charge in [0.05, 0.1) is 21.7 Å². The van der Waals surface area contributed by atoms with Crippen LogP contribution >= 0.6 is 23.2 Å². The van der Waals surface area contributed by atoms with E-state index in [2.05, 4.69) is 0 Å². The fourth-order valence-electron chi connectivity index (χ4n) is 1.26. The van der Waals surface area contributed by atoms with Crippen molar-refractivity contribution in [1.29, 1.82) is 0 Å². The molecule has 1 unspecified atom stereocenters. The van der Waals surface area contributed by atoms with E-state index in [4.69, 9.17) is 33.7 Å². The lowest BCUT2D eigenvalue weighted by Gasteiger charge is -2.31. The van der Waals surface area contributed by atoms with Crippen LogP contribution in [0.3, 0.4) is 0 Å². The van der Waals surface area contributed by atoms with Crippen LogP contribution in [-0.2, 0) is 4.74 Å². The molecule has 1 rings (SSSR count). The zero-order valence-electron chi connectivity index (χ0n) is 9.05. The molecule has 84 valence electrons. The van der Waals surface area contributed by atoms with Crippen molar-refractivity contribution in [3.05, 3.63) is 33.8 Å². The van der Waals surface area contributed by atoms with Gasteiger partial charge >= 0.3 is 0 Å². The number of nitrogens with two attached hydrogens (primary N) is 1. The molecule has 0 heterocycles. The van der Waals surface area contributed by atoms with Gasteiger partial charge in [0.25, 0.3) is 0 Å². The van der Waals surface area contributed by atoms with E-state index >= 15 is 0 Å². The molecule has 0 aliphatic heterocycles. The Morgan fingerprint density at radius 3 is 2.47 bits per heavy atom. The monoisotopic (exact) mass is 247 g/mol. The van der Waals surface area contributed by atoms with Crippen LogP contribution in [-0.4, -0.2) is 12.7 Å². The van der Waals surface area contributed by atoms with Crippen molar-refractivity contribution < 1.29 is 4.74 Å². The van der Waals surface area contributed by atoms with E-state index < -0.39 is 5.60 Å². The van der Waals surface area contributed by atoms with Crippen molar-refractivity contribution in [1.82, 2.24) is 0 Å². The summed E-state index contributed by atoms with van der Waals surface area (Å²) in [5, 5.41) is 1.01. The first-order valence-corrected chi connectivity index (χ1v) is 5.40. The van der Waals surface area contributed by atoms with Gasteiger partial charge in [-0.3, -0.25) is 0 Å². The Kier molecular flexibility index (Phi) is 4.01. The molecule has 0 fully saturated rings. The highest BCUT2D eigenvalue weighted by atomic mass is 35.5. The SMILES string of the molecule is COC(C)(C)C(N)c1cccc(Cl)c1Cl. The van der Waals surface area contributed by atoms with Gasteiger partial charge in [-0.15, -0.1) is 0 Å². The third kappa shape index (κ3) is 2.64. The molecule has 0 amide bonds. The molecule has 0 radical (unpaired) electrons. The summed E-state index contributed by atoms with van der Waals surface area (Å²) in [5.41, 5.74) is 6.41. The summed E-state index contributed by atoms with van der Waals surface area (Å²) < 4.78 is 5.32. The average Bonchev–Trinajstić information content (AvgIpc) is 2.21. The van der Waals surface area contributed by atoms with Crippen molar-refractivity contribution >= 4 is 23.2 Å². The molecule has 1 aromatic rings. The minimum absolute atomic E-state index is 0.311. The van der Waals surface area contributed by atoms with Crippen molar-refractivity contribution in [2.45, 2.75) is 25.5 Å². The molecule has 1 atom stereocenters. The summed E-state index contributed by atoms with van der Waals surface area (Å²) in [4.78, 5) is 0. The third-order valence-corrected chi connectivity index (χ3v) is 3.43. The van der Waals surface area contributed by atoms with E-state index in [0.29, 0.717) is 10.0 Å². The Morgan fingerprint density at radius 2 is 1.93 bits per heavy atom. The molecule has 4 heteroatoms. The molecule has 0 aliphatic carbocycles. The van der Waals surface area contributed by atoms with Crippen LogP contribution in [0.15, 0.2) is 18.2 Å². The van der Waals surface area contributed by atoms with Crippen LogP contribution in [0.5, 0.6) is 0 Å². The molecule has 1 aromatic carbocycles. The molecule has 15 heavy (non-hydrogen) atoms. The molecule has 0 saturated carbocycles. The van der Waals surface area contributed by atoms with Crippen molar-refractivity contribution in [2.75, 3.05) is 7.11 Å². The lowest BCUT2D eigenvalue weighted by molar-refractivity contribution is -0.00000643. The predicted molar refractivity (Wildman–Crippen MR) is 64.5 cm³/mol. The zero-order chi connectivity index (χ0) is 11.6. The summed E-state index contributed by atoms with van der Waals surface area (Å²) in [7, 11) is 1.62. The van der Waals surface area contributed by atoms with Gasteiger partial charge in [-0.25, -0.2) is 0 Å². The highest BCUT2D eigenvalue weighted by Gasteiger charge is 2.29. The van der Waals surface area contributed by atoms with Gasteiger partial charge in [0, 0.05) is 7.11 Å². The number of hydrogen-bond donors (Lipinski definition) is 1. The summed E-state index contributed by atoms with van der Waals surface area (Å²) in [6, 6.07) is 5.11. The smallest absolute Gasteiger partial charge is 0.0815 e. The maximum atomic E-state index is 6.08. The van der Waals surface area contributed by atoms with E-state index in [-0.39, 0.29) is 6.04 Å². The van der Waals surface area contributed by atoms with Gasteiger partial charge in [-0.1, -0.05) is 35.3 Å². The van der Waals surface area contributed by atoms with Gasteiger partial charge < -0.3 is 10.5 Å². The van der Waals surface area contributed by atoms with Crippen molar-refractivity contribution in [3.8, 4) is 0 Å². The Morgan fingerprint density at radius 1 is 1.33 bits per heavy atom. The largest absolute Gasteiger partial charge is 0.377 e. The molecule has 0 spiro atoms.